The molecule has 0 radical (unpaired) electrons. The highest BCUT2D eigenvalue weighted by Crippen LogP contribution is 2.38. The van der Waals surface area contributed by atoms with Gasteiger partial charge in [0.2, 0.25) is 5.95 Å². The van der Waals surface area contributed by atoms with Crippen LogP contribution in [0.5, 0.6) is 0 Å². The van der Waals surface area contributed by atoms with Crippen molar-refractivity contribution in [3.05, 3.63) is 59.2 Å². The van der Waals surface area contributed by atoms with Crippen LogP contribution in [0, 0.1) is 24.6 Å². The Kier molecular flexibility index (Phi) is 10.5. The lowest BCUT2D eigenvalue weighted by atomic mass is 9.85. The number of hydrogen-bond acceptors (Lipinski definition) is 7. The van der Waals surface area contributed by atoms with Crippen LogP contribution in [0.1, 0.15) is 82.0 Å². The van der Waals surface area contributed by atoms with E-state index >= 15 is 4.39 Å². The van der Waals surface area contributed by atoms with Crippen molar-refractivity contribution in [3.8, 4) is 11.1 Å². The summed E-state index contributed by atoms with van der Waals surface area (Å²) in [5, 5.41) is 0. The number of aromatic nitrogens is 2. The molecule has 12 heteroatoms. The maximum absolute atomic E-state index is 15.5. The monoisotopic (exact) mass is 695 g/mol. The molecule has 10 nitrogen and oxygen atoms in total. The molecule has 3 aromatic rings. The van der Waals surface area contributed by atoms with E-state index in [9.17, 15) is 14.0 Å². The van der Waals surface area contributed by atoms with Crippen molar-refractivity contribution in [3.63, 3.8) is 0 Å². The average molecular weight is 696 g/mol. The molecule has 5 heterocycles. The number of halogens is 2. The quantitative estimate of drug-likeness (QED) is 0.274. The highest BCUT2D eigenvalue weighted by atomic mass is 19.1. The molecule has 0 bridgehead atoms. The maximum Gasteiger partial charge on any atom is 0.410 e. The molecule has 272 valence electrons. The summed E-state index contributed by atoms with van der Waals surface area (Å²) in [5.41, 5.74) is 1.89. The van der Waals surface area contributed by atoms with Crippen molar-refractivity contribution >= 4 is 17.5 Å². The van der Waals surface area contributed by atoms with Crippen LogP contribution in [0.4, 0.5) is 13.6 Å². The molecular formula is C38H51F2N5O5. The van der Waals surface area contributed by atoms with E-state index in [1.54, 1.807) is 22.3 Å². The number of morpholine rings is 2. The highest BCUT2D eigenvalue weighted by molar-refractivity contribution is 6.03. The Morgan fingerprint density at radius 1 is 1.02 bits per heavy atom. The number of hydrogen-bond donors (Lipinski definition) is 0. The molecule has 0 saturated carbocycles. The number of fused-ring (bicyclic) bond motifs is 1. The number of pyridine rings is 1. The van der Waals surface area contributed by atoms with Crippen LogP contribution in [0.2, 0.25) is 0 Å². The first-order chi connectivity index (χ1) is 23.7. The molecule has 2 aromatic heterocycles. The van der Waals surface area contributed by atoms with Crippen LogP contribution in [0.3, 0.4) is 0 Å². The largest absolute Gasteiger partial charge is 0.444 e. The van der Waals surface area contributed by atoms with E-state index in [1.165, 1.54) is 12.1 Å². The second-order valence-electron chi connectivity index (χ2n) is 15.4. The van der Waals surface area contributed by atoms with Crippen LogP contribution in [0.15, 0.2) is 30.5 Å². The number of likely N-dealkylation sites (tertiary alicyclic amines) is 1. The van der Waals surface area contributed by atoms with Gasteiger partial charge in [0.25, 0.3) is 5.91 Å². The van der Waals surface area contributed by atoms with Gasteiger partial charge in [0, 0.05) is 49.9 Å². The zero-order chi connectivity index (χ0) is 35.9. The summed E-state index contributed by atoms with van der Waals surface area (Å²) in [7, 11) is 0. The first-order valence-corrected chi connectivity index (χ1v) is 17.9. The minimum absolute atomic E-state index is 0.0472. The lowest BCUT2D eigenvalue weighted by molar-refractivity contribution is -0.0377. The number of amides is 2. The zero-order valence-corrected chi connectivity index (χ0v) is 30.4. The number of carbonyl (C=O) groups is 2. The van der Waals surface area contributed by atoms with Gasteiger partial charge in [0.1, 0.15) is 22.8 Å². The van der Waals surface area contributed by atoms with Crippen molar-refractivity contribution in [2.75, 3.05) is 52.6 Å². The average Bonchev–Trinajstić information content (AvgIpc) is 3.33. The standard InChI is InChI=1S/C38H51F2N5O5/c1-23(2)33(11-9-29-22-49-15-13-44(29)37(47)50-38(5,6)7)42-18-27(19-42)26-16-31(34-35(40)41-25(4)45(34)20-26)30-10-8-28(39)17-32(30)36(46)43-12-14-48-21-24(43)3/h8,10,16-17,20,23-24,27,29,33H,9,11-15,18-19,21-22H2,1-7H3/t24-,29-,33?/m1/s1. The van der Waals surface area contributed by atoms with Crippen LogP contribution in [-0.4, -0.2) is 112 Å². The van der Waals surface area contributed by atoms with E-state index in [0.717, 1.165) is 31.5 Å². The Bertz CT molecular complexity index is 1720. The summed E-state index contributed by atoms with van der Waals surface area (Å²) >= 11 is 0. The molecule has 0 N–H and O–H groups in total. The van der Waals surface area contributed by atoms with E-state index in [4.69, 9.17) is 14.2 Å². The van der Waals surface area contributed by atoms with Gasteiger partial charge in [0.05, 0.1) is 44.1 Å². The molecule has 3 aliphatic rings. The first kappa shape index (κ1) is 36.2. The van der Waals surface area contributed by atoms with Gasteiger partial charge < -0.3 is 28.4 Å². The molecule has 6 rings (SSSR count). The molecule has 50 heavy (non-hydrogen) atoms. The van der Waals surface area contributed by atoms with E-state index < -0.39 is 17.4 Å². The number of aryl methyl sites for hydroxylation is 1. The molecule has 2 amide bonds. The van der Waals surface area contributed by atoms with E-state index in [0.29, 0.717) is 68.4 Å². The molecule has 3 aliphatic heterocycles. The van der Waals surface area contributed by atoms with Gasteiger partial charge in [-0.2, -0.15) is 4.39 Å². The SMILES string of the molecule is Cc1nc(F)c2c(-c3ccc(F)cc3C(=O)N3CCOC[C@H]3C)cc(C3CN(C(CC[C@@H]4COCCN4C(=O)OC(C)(C)C)C(C)C)C3)cn12. The minimum Gasteiger partial charge on any atom is -0.444 e. The fraction of sp³-hybridized carbons (Fsp3) is 0.605. The Morgan fingerprint density at radius 2 is 1.72 bits per heavy atom. The third-order valence-electron chi connectivity index (χ3n) is 10.3. The normalized spacial score (nSPS) is 21.5. The molecule has 3 saturated heterocycles. The molecule has 1 aromatic carbocycles. The number of carbonyl (C=O) groups excluding carboxylic acids is 2. The molecule has 0 aliphatic carbocycles. The first-order valence-electron chi connectivity index (χ1n) is 17.9. The summed E-state index contributed by atoms with van der Waals surface area (Å²) in [5.74, 6) is -0.419. The summed E-state index contributed by atoms with van der Waals surface area (Å²) in [6.45, 7) is 18.1. The third kappa shape index (κ3) is 7.52. The van der Waals surface area contributed by atoms with E-state index in [-0.39, 0.29) is 41.1 Å². The van der Waals surface area contributed by atoms with Crippen molar-refractivity contribution in [1.29, 1.82) is 0 Å². The summed E-state index contributed by atoms with van der Waals surface area (Å²) < 4.78 is 49.0. The molecule has 3 atom stereocenters. The minimum atomic E-state index is -0.631. The number of ether oxygens (including phenoxy) is 3. The summed E-state index contributed by atoms with van der Waals surface area (Å²) in [4.78, 5) is 37.0. The zero-order valence-electron chi connectivity index (χ0n) is 30.4. The molecule has 1 unspecified atom stereocenters. The Hall–Kier alpha value is -3.61. The summed E-state index contributed by atoms with van der Waals surface area (Å²) in [6, 6.07) is 6.18. The maximum atomic E-state index is 15.5. The lowest BCUT2D eigenvalue weighted by Gasteiger charge is -2.47. The fourth-order valence-corrected chi connectivity index (χ4v) is 7.62. The number of nitrogens with zero attached hydrogens (tertiary/aromatic N) is 5. The Balaban J connectivity index is 1.24. The van der Waals surface area contributed by atoms with E-state index in [1.807, 2.05) is 44.9 Å². The van der Waals surface area contributed by atoms with Gasteiger partial charge >= 0.3 is 6.09 Å². The second-order valence-corrected chi connectivity index (χ2v) is 15.4. The predicted molar refractivity (Wildman–Crippen MR) is 186 cm³/mol. The Labute approximate surface area is 293 Å². The highest BCUT2D eigenvalue weighted by Gasteiger charge is 2.38. The number of benzene rings is 1. The van der Waals surface area contributed by atoms with Crippen LogP contribution in [0.25, 0.3) is 16.6 Å². The van der Waals surface area contributed by atoms with Crippen molar-refractivity contribution < 1.29 is 32.6 Å². The third-order valence-corrected chi connectivity index (χ3v) is 10.3. The summed E-state index contributed by atoms with van der Waals surface area (Å²) in [6.07, 6.45) is 3.35. The van der Waals surface area contributed by atoms with Crippen molar-refractivity contribution in [1.82, 2.24) is 24.1 Å². The number of imidazole rings is 1. The topological polar surface area (TPSA) is 88.9 Å². The van der Waals surface area contributed by atoms with E-state index in [2.05, 4.69) is 23.7 Å². The van der Waals surface area contributed by atoms with Crippen molar-refractivity contribution in [2.24, 2.45) is 5.92 Å². The van der Waals surface area contributed by atoms with Gasteiger partial charge in [-0.15, -0.1) is 0 Å². The predicted octanol–water partition coefficient (Wildman–Crippen LogP) is 6.29. The van der Waals surface area contributed by atoms with Crippen LogP contribution in [-0.2, 0) is 14.2 Å². The molecule has 3 fully saturated rings. The lowest BCUT2D eigenvalue weighted by Crippen LogP contribution is -2.54. The Morgan fingerprint density at radius 3 is 2.40 bits per heavy atom. The van der Waals surface area contributed by atoms with Gasteiger partial charge in [-0.25, -0.2) is 14.2 Å². The molecular weight excluding hydrogens is 644 g/mol. The number of rotatable bonds is 8. The van der Waals surface area contributed by atoms with Gasteiger partial charge in [-0.05, 0) is 82.7 Å². The van der Waals surface area contributed by atoms with Gasteiger partial charge in [0.15, 0.2) is 0 Å². The fourth-order valence-electron chi connectivity index (χ4n) is 7.62. The second kappa shape index (κ2) is 14.6. The molecule has 0 spiro atoms. The van der Waals surface area contributed by atoms with Crippen LogP contribution >= 0.6 is 0 Å². The van der Waals surface area contributed by atoms with Gasteiger partial charge in [-0.3, -0.25) is 9.69 Å². The smallest absolute Gasteiger partial charge is 0.410 e. The van der Waals surface area contributed by atoms with Crippen molar-refractivity contribution in [2.45, 2.75) is 91.0 Å². The van der Waals surface area contributed by atoms with Crippen LogP contribution < -0.4 is 0 Å². The van der Waals surface area contributed by atoms with Gasteiger partial charge in [-0.1, -0.05) is 19.9 Å².